The fourth-order valence-electron chi connectivity index (χ4n) is 7.96. The summed E-state index contributed by atoms with van der Waals surface area (Å²) in [5.74, 6) is -0.500. The number of hydrogen-bond acceptors (Lipinski definition) is 5. The summed E-state index contributed by atoms with van der Waals surface area (Å²) >= 11 is 0. The summed E-state index contributed by atoms with van der Waals surface area (Å²) in [6.07, 6.45) is 58.9. The van der Waals surface area contributed by atoms with E-state index in [1.807, 2.05) is 0 Å². The molecule has 0 aromatic rings. The second kappa shape index (κ2) is 48.8. The van der Waals surface area contributed by atoms with Crippen LogP contribution in [-0.2, 0) is 14.3 Å². The van der Waals surface area contributed by atoms with Crippen LogP contribution in [0.25, 0.3) is 0 Å². The van der Waals surface area contributed by atoms with Crippen LogP contribution in [0, 0.1) is 0 Å². The van der Waals surface area contributed by atoms with Crippen LogP contribution in [0.1, 0.15) is 265 Å². The number of unbranched alkanes of at least 4 members (excludes halogenated alkanes) is 29. The maximum absolute atomic E-state index is 13.2. The van der Waals surface area contributed by atoms with Crippen LogP contribution in [0.4, 0.5) is 0 Å². The molecular formula is C55H101NO5. The van der Waals surface area contributed by atoms with E-state index in [-0.39, 0.29) is 24.9 Å². The molecule has 0 aromatic carbocycles. The van der Waals surface area contributed by atoms with Gasteiger partial charge in [0.25, 0.3) is 0 Å². The number of rotatable bonds is 47. The molecule has 0 spiro atoms. The average molecular weight is 856 g/mol. The van der Waals surface area contributed by atoms with Gasteiger partial charge in [0.05, 0.1) is 25.2 Å². The average Bonchev–Trinajstić information content (AvgIpc) is 3.25. The van der Waals surface area contributed by atoms with Gasteiger partial charge >= 0.3 is 5.97 Å². The number of aliphatic hydroxyl groups is 2. The van der Waals surface area contributed by atoms with Gasteiger partial charge < -0.3 is 20.3 Å². The van der Waals surface area contributed by atoms with Crippen LogP contribution >= 0.6 is 0 Å². The second-order valence-electron chi connectivity index (χ2n) is 18.0. The Balaban J connectivity index is 4.53. The zero-order valence-corrected chi connectivity index (χ0v) is 40.5. The zero-order valence-electron chi connectivity index (χ0n) is 40.5. The molecule has 1 amide bonds. The number of carbonyl (C=O) groups is 2. The number of amides is 1. The van der Waals surface area contributed by atoms with Crippen LogP contribution in [-0.4, -0.2) is 46.9 Å². The monoisotopic (exact) mass is 856 g/mol. The minimum Gasteiger partial charge on any atom is -0.462 e. The van der Waals surface area contributed by atoms with Crippen molar-refractivity contribution in [3.8, 4) is 0 Å². The standard InChI is InChI=1S/C55H101NO5/c1-4-7-10-13-16-19-22-25-26-27-28-30-32-35-38-41-44-47-53(58)52(50-57)56-54(59)49-51(46-43-40-37-34-31-29-23-20-17-14-11-8-5-2)61-55(60)48-45-42-39-36-33-24-21-18-15-12-9-6-3/h8,11,14,17-18,20-21,23,51-53,57-58H,4-7,9-10,12-13,15-16,19,22,24-50H2,1-3H3,(H,56,59)/b11-8+,17-14+,21-18-,23-20+. The van der Waals surface area contributed by atoms with E-state index < -0.39 is 18.2 Å². The number of carbonyl (C=O) groups excluding carboxylic acids is 2. The first-order valence-electron chi connectivity index (χ1n) is 26.4. The molecule has 0 saturated carbocycles. The lowest BCUT2D eigenvalue weighted by Crippen LogP contribution is -2.46. The smallest absolute Gasteiger partial charge is 0.306 e. The van der Waals surface area contributed by atoms with Gasteiger partial charge in [0.15, 0.2) is 0 Å². The van der Waals surface area contributed by atoms with Crippen molar-refractivity contribution in [1.82, 2.24) is 5.32 Å². The summed E-state index contributed by atoms with van der Waals surface area (Å²) in [5, 5.41) is 23.8. The van der Waals surface area contributed by atoms with E-state index in [4.69, 9.17) is 4.74 Å². The third-order valence-electron chi connectivity index (χ3n) is 12.0. The first-order valence-corrected chi connectivity index (χ1v) is 26.4. The lowest BCUT2D eigenvalue weighted by Gasteiger charge is -2.24. The van der Waals surface area contributed by atoms with Crippen LogP contribution in [0.3, 0.4) is 0 Å². The van der Waals surface area contributed by atoms with Crippen LogP contribution < -0.4 is 5.32 Å². The normalized spacial score (nSPS) is 13.6. The summed E-state index contributed by atoms with van der Waals surface area (Å²) < 4.78 is 5.92. The molecular weight excluding hydrogens is 755 g/mol. The third kappa shape index (κ3) is 44.2. The molecule has 0 aromatic heterocycles. The zero-order chi connectivity index (χ0) is 44.5. The van der Waals surface area contributed by atoms with Crippen molar-refractivity contribution >= 4 is 11.9 Å². The van der Waals surface area contributed by atoms with Crippen LogP contribution in [0.2, 0.25) is 0 Å². The number of esters is 1. The highest BCUT2D eigenvalue weighted by Crippen LogP contribution is 2.18. The second-order valence-corrected chi connectivity index (χ2v) is 18.0. The summed E-state index contributed by atoms with van der Waals surface area (Å²) in [5.41, 5.74) is 0. The summed E-state index contributed by atoms with van der Waals surface area (Å²) in [7, 11) is 0. The molecule has 6 nitrogen and oxygen atoms in total. The van der Waals surface area contributed by atoms with E-state index in [9.17, 15) is 19.8 Å². The highest BCUT2D eigenvalue weighted by Gasteiger charge is 2.24. The molecule has 0 rings (SSSR count). The Morgan fingerprint density at radius 2 is 0.902 bits per heavy atom. The molecule has 0 heterocycles. The van der Waals surface area contributed by atoms with Gasteiger partial charge in [-0.2, -0.15) is 0 Å². The Kier molecular flexibility index (Phi) is 47.1. The van der Waals surface area contributed by atoms with Crippen molar-refractivity contribution in [2.45, 2.75) is 283 Å². The maximum Gasteiger partial charge on any atom is 0.306 e. The van der Waals surface area contributed by atoms with E-state index in [2.05, 4.69) is 74.7 Å². The van der Waals surface area contributed by atoms with Crippen molar-refractivity contribution in [3.63, 3.8) is 0 Å². The molecule has 0 aliphatic heterocycles. The SMILES string of the molecule is CC/C=C/C=C/C=C/CCCCCCCC(CC(=O)NC(CO)C(O)CCCCCCCCCCCCCCCCCCC)OC(=O)CCCCCCC/C=C\CCCCC. The third-order valence-corrected chi connectivity index (χ3v) is 12.0. The van der Waals surface area contributed by atoms with Crippen molar-refractivity contribution in [3.05, 3.63) is 48.6 Å². The Hall–Kier alpha value is -2.18. The van der Waals surface area contributed by atoms with Crippen molar-refractivity contribution < 1.29 is 24.5 Å². The molecule has 0 bridgehead atoms. The molecule has 0 aliphatic rings. The fourth-order valence-corrected chi connectivity index (χ4v) is 7.96. The van der Waals surface area contributed by atoms with Crippen LogP contribution in [0.15, 0.2) is 48.6 Å². The Morgan fingerprint density at radius 3 is 1.41 bits per heavy atom. The summed E-state index contributed by atoms with van der Waals surface area (Å²) in [6, 6.07) is -0.709. The van der Waals surface area contributed by atoms with Gasteiger partial charge in [-0.25, -0.2) is 0 Å². The quantitative estimate of drug-likeness (QED) is 0.0245. The Morgan fingerprint density at radius 1 is 0.492 bits per heavy atom. The highest BCUT2D eigenvalue weighted by atomic mass is 16.5. The van der Waals surface area contributed by atoms with Gasteiger partial charge in [0, 0.05) is 6.42 Å². The minimum absolute atomic E-state index is 0.0613. The molecule has 0 radical (unpaired) electrons. The van der Waals surface area contributed by atoms with E-state index >= 15 is 0 Å². The lowest BCUT2D eigenvalue weighted by atomic mass is 10.0. The van der Waals surface area contributed by atoms with Gasteiger partial charge in [-0.15, -0.1) is 0 Å². The Labute approximate surface area is 378 Å². The number of aliphatic hydroxyl groups excluding tert-OH is 2. The van der Waals surface area contributed by atoms with E-state index in [0.717, 1.165) is 89.9 Å². The number of hydrogen-bond donors (Lipinski definition) is 3. The van der Waals surface area contributed by atoms with Crippen molar-refractivity contribution in [1.29, 1.82) is 0 Å². The molecule has 0 saturated heterocycles. The molecule has 6 heteroatoms. The van der Waals surface area contributed by atoms with Gasteiger partial charge in [-0.1, -0.05) is 230 Å². The molecule has 0 aliphatic carbocycles. The minimum atomic E-state index is -0.795. The number of nitrogens with one attached hydrogen (secondary N) is 1. The predicted octanol–water partition coefficient (Wildman–Crippen LogP) is 15.8. The van der Waals surface area contributed by atoms with Crippen LogP contribution in [0.5, 0.6) is 0 Å². The fraction of sp³-hybridized carbons (Fsp3) is 0.818. The van der Waals surface area contributed by atoms with E-state index in [0.29, 0.717) is 19.3 Å². The number of ether oxygens (including phenoxy) is 1. The predicted molar refractivity (Wildman–Crippen MR) is 264 cm³/mol. The van der Waals surface area contributed by atoms with E-state index in [1.54, 1.807) is 0 Å². The first-order chi connectivity index (χ1) is 30.0. The number of allylic oxidation sites excluding steroid dienone is 8. The molecule has 3 unspecified atom stereocenters. The molecule has 0 fully saturated rings. The molecule has 3 N–H and O–H groups in total. The largest absolute Gasteiger partial charge is 0.462 e. The Bertz CT molecular complexity index is 1050. The maximum atomic E-state index is 13.2. The molecule has 61 heavy (non-hydrogen) atoms. The van der Waals surface area contributed by atoms with Gasteiger partial charge in [-0.05, 0) is 70.6 Å². The topological polar surface area (TPSA) is 95.9 Å². The van der Waals surface area contributed by atoms with Crippen molar-refractivity contribution in [2.75, 3.05) is 6.61 Å². The summed E-state index contributed by atoms with van der Waals surface area (Å²) in [6.45, 7) is 6.34. The van der Waals surface area contributed by atoms with Gasteiger partial charge in [0.1, 0.15) is 6.10 Å². The van der Waals surface area contributed by atoms with Crippen molar-refractivity contribution in [2.24, 2.45) is 0 Å². The summed E-state index contributed by atoms with van der Waals surface area (Å²) in [4.78, 5) is 26.1. The van der Waals surface area contributed by atoms with Gasteiger partial charge in [0.2, 0.25) is 5.91 Å². The highest BCUT2D eigenvalue weighted by molar-refractivity contribution is 5.77. The van der Waals surface area contributed by atoms with E-state index in [1.165, 1.54) is 128 Å². The first kappa shape index (κ1) is 58.8. The van der Waals surface area contributed by atoms with Gasteiger partial charge in [-0.3, -0.25) is 9.59 Å². The molecule has 356 valence electrons. The lowest BCUT2D eigenvalue weighted by molar-refractivity contribution is -0.151. The molecule has 3 atom stereocenters.